The molecule has 0 aliphatic carbocycles. The summed E-state index contributed by atoms with van der Waals surface area (Å²) in [5.41, 5.74) is 2.04. The van der Waals surface area contributed by atoms with Crippen LogP contribution in [0.3, 0.4) is 0 Å². The monoisotopic (exact) mass is 384 g/mol. The van der Waals surface area contributed by atoms with Gasteiger partial charge in [-0.15, -0.1) is 0 Å². The lowest BCUT2D eigenvalue weighted by atomic mass is 9.98. The molecule has 0 spiro atoms. The number of nitrogens with one attached hydrogen (secondary N) is 3. The lowest BCUT2D eigenvalue weighted by molar-refractivity contribution is -0.119. The Bertz CT molecular complexity index is 919. The van der Waals surface area contributed by atoms with Gasteiger partial charge in [-0.2, -0.15) is 0 Å². The highest BCUT2D eigenvalue weighted by Crippen LogP contribution is 2.16. The molecule has 1 aromatic heterocycles. The van der Waals surface area contributed by atoms with Crippen LogP contribution in [-0.4, -0.2) is 27.8 Å². The van der Waals surface area contributed by atoms with Gasteiger partial charge < -0.3 is 10.3 Å². The van der Waals surface area contributed by atoms with E-state index >= 15 is 0 Å². The van der Waals surface area contributed by atoms with Crippen LogP contribution < -0.4 is 10.6 Å². The number of carbonyl (C=O) groups excluding carboxylic acids is 2. The number of amides is 2. The summed E-state index contributed by atoms with van der Waals surface area (Å²) in [6.45, 7) is 3.89. The third kappa shape index (κ3) is 4.46. The molecule has 0 aliphatic heterocycles. The van der Waals surface area contributed by atoms with Crippen LogP contribution in [0.2, 0.25) is 5.02 Å². The number of fused-ring (bicyclic) bond motifs is 1. The number of anilines is 1. The molecule has 0 fully saturated rings. The van der Waals surface area contributed by atoms with Gasteiger partial charge in [-0.3, -0.25) is 14.9 Å². The molecule has 0 radical (unpaired) electrons. The second kappa shape index (κ2) is 8.22. The van der Waals surface area contributed by atoms with E-state index in [9.17, 15) is 9.59 Å². The number of halogens is 1. The molecular weight excluding hydrogens is 364 g/mol. The summed E-state index contributed by atoms with van der Waals surface area (Å²) < 4.78 is 0. The number of nitrogens with zero attached hydrogens (tertiary/aromatic N) is 1. The van der Waals surface area contributed by atoms with Crippen LogP contribution >= 0.6 is 11.6 Å². The summed E-state index contributed by atoms with van der Waals surface area (Å²) in [6, 6.07) is 13.4. The van der Waals surface area contributed by atoms with Gasteiger partial charge in [0.2, 0.25) is 11.9 Å². The minimum atomic E-state index is -0.689. The van der Waals surface area contributed by atoms with Gasteiger partial charge in [0.25, 0.3) is 5.91 Å². The minimum absolute atomic E-state index is 0.0503. The van der Waals surface area contributed by atoms with E-state index in [0.29, 0.717) is 16.5 Å². The summed E-state index contributed by atoms with van der Waals surface area (Å²) in [6.07, 6.45) is 0.735. The highest BCUT2D eigenvalue weighted by atomic mass is 35.5. The molecule has 3 rings (SSSR count). The maximum atomic E-state index is 12.8. The lowest BCUT2D eigenvalue weighted by Gasteiger charge is -2.23. The molecule has 7 heteroatoms. The fourth-order valence-corrected chi connectivity index (χ4v) is 2.86. The topological polar surface area (TPSA) is 86.9 Å². The van der Waals surface area contributed by atoms with Crippen LogP contribution in [0.15, 0.2) is 48.5 Å². The summed E-state index contributed by atoms with van der Waals surface area (Å²) >= 11 is 5.86. The van der Waals surface area contributed by atoms with E-state index in [1.54, 1.807) is 24.3 Å². The van der Waals surface area contributed by atoms with Gasteiger partial charge >= 0.3 is 0 Å². The first kappa shape index (κ1) is 18.9. The number of H-pyrrole nitrogens is 1. The Kier molecular flexibility index (Phi) is 5.76. The second-order valence-corrected chi connectivity index (χ2v) is 6.87. The van der Waals surface area contributed by atoms with E-state index < -0.39 is 6.04 Å². The molecule has 2 amide bonds. The maximum Gasteiger partial charge on any atom is 0.251 e. The van der Waals surface area contributed by atoms with Crippen LogP contribution in [0.25, 0.3) is 11.0 Å². The second-order valence-electron chi connectivity index (χ2n) is 6.44. The minimum Gasteiger partial charge on any atom is -0.340 e. The zero-order valence-corrected chi connectivity index (χ0v) is 15.9. The largest absolute Gasteiger partial charge is 0.340 e. The molecule has 3 N–H and O–H groups in total. The fraction of sp³-hybridized carbons (Fsp3) is 0.250. The molecule has 0 bridgehead atoms. The number of rotatable bonds is 6. The van der Waals surface area contributed by atoms with E-state index in [2.05, 4.69) is 20.6 Å². The van der Waals surface area contributed by atoms with Gasteiger partial charge in [-0.1, -0.05) is 44.0 Å². The zero-order valence-electron chi connectivity index (χ0n) is 15.1. The van der Waals surface area contributed by atoms with Gasteiger partial charge in [-0.25, -0.2) is 4.98 Å². The van der Waals surface area contributed by atoms with Crippen molar-refractivity contribution in [2.24, 2.45) is 5.92 Å². The standard InChI is InChI=1S/C20H21ClN4O2/c1-3-12(2)17(24-18(26)13-8-10-14(21)11-9-13)19(27)25-20-22-15-6-4-5-7-16(15)23-20/h4-12,17H,3H2,1-2H3,(H,24,26)(H2,22,23,25,27)/t12-,17+/m0/s1. The first-order valence-corrected chi connectivity index (χ1v) is 9.17. The van der Waals surface area contributed by atoms with Crippen molar-refractivity contribution in [3.8, 4) is 0 Å². The number of aromatic nitrogens is 2. The van der Waals surface area contributed by atoms with E-state index in [4.69, 9.17) is 11.6 Å². The number of imidazole rings is 1. The van der Waals surface area contributed by atoms with Crippen LogP contribution in [0, 0.1) is 5.92 Å². The van der Waals surface area contributed by atoms with Crippen molar-refractivity contribution in [3.63, 3.8) is 0 Å². The summed E-state index contributed by atoms with van der Waals surface area (Å²) in [7, 11) is 0. The number of para-hydroxylation sites is 2. The third-order valence-corrected chi connectivity index (χ3v) is 4.77. The van der Waals surface area contributed by atoms with E-state index in [1.165, 1.54) is 0 Å². The molecule has 0 unspecified atom stereocenters. The molecule has 3 aromatic rings. The van der Waals surface area contributed by atoms with Crippen molar-refractivity contribution in [1.29, 1.82) is 0 Å². The van der Waals surface area contributed by atoms with Crippen LogP contribution in [0.4, 0.5) is 5.95 Å². The van der Waals surface area contributed by atoms with Gasteiger partial charge in [-0.05, 0) is 42.3 Å². The van der Waals surface area contributed by atoms with Crippen molar-refractivity contribution in [2.75, 3.05) is 5.32 Å². The summed E-state index contributed by atoms with van der Waals surface area (Å²) in [4.78, 5) is 32.7. The predicted octanol–water partition coefficient (Wildman–Crippen LogP) is 4.00. The Hall–Kier alpha value is -2.86. The molecule has 6 nitrogen and oxygen atoms in total. The highest BCUT2D eigenvalue weighted by Gasteiger charge is 2.27. The van der Waals surface area contributed by atoms with Crippen LogP contribution in [-0.2, 0) is 4.79 Å². The smallest absolute Gasteiger partial charge is 0.251 e. The van der Waals surface area contributed by atoms with Crippen molar-refractivity contribution in [3.05, 3.63) is 59.1 Å². The summed E-state index contributed by atoms with van der Waals surface area (Å²) in [5, 5.41) is 6.14. The predicted molar refractivity (Wildman–Crippen MR) is 107 cm³/mol. The molecule has 2 aromatic carbocycles. The number of hydrogen-bond donors (Lipinski definition) is 3. The average molecular weight is 385 g/mol. The van der Waals surface area contributed by atoms with Crippen LogP contribution in [0.5, 0.6) is 0 Å². The van der Waals surface area contributed by atoms with Crippen LogP contribution in [0.1, 0.15) is 30.6 Å². The first-order valence-electron chi connectivity index (χ1n) is 8.80. The highest BCUT2D eigenvalue weighted by molar-refractivity contribution is 6.30. The van der Waals surface area contributed by atoms with Gasteiger partial charge in [0, 0.05) is 10.6 Å². The zero-order chi connectivity index (χ0) is 19.4. The van der Waals surface area contributed by atoms with Gasteiger partial charge in [0.1, 0.15) is 6.04 Å². The van der Waals surface area contributed by atoms with Crippen molar-refractivity contribution < 1.29 is 9.59 Å². The molecule has 140 valence electrons. The molecule has 1 heterocycles. The van der Waals surface area contributed by atoms with Crippen molar-refractivity contribution in [2.45, 2.75) is 26.3 Å². The Morgan fingerprint density at radius 2 is 1.85 bits per heavy atom. The molecule has 0 aliphatic rings. The fourth-order valence-electron chi connectivity index (χ4n) is 2.73. The van der Waals surface area contributed by atoms with Crippen molar-refractivity contribution >= 4 is 40.4 Å². The number of carbonyl (C=O) groups is 2. The van der Waals surface area contributed by atoms with Gasteiger partial charge in [0.15, 0.2) is 0 Å². The van der Waals surface area contributed by atoms with Gasteiger partial charge in [0.05, 0.1) is 11.0 Å². The first-order chi connectivity index (χ1) is 13.0. The average Bonchev–Trinajstić information content (AvgIpc) is 3.07. The quantitative estimate of drug-likeness (QED) is 0.600. The Morgan fingerprint density at radius 1 is 1.15 bits per heavy atom. The number of benzene rings is 2. The Labute approximate surface area is 162 Å². The number of hydrogen-bond acceptors (Lipinski definition) is 3. The molecule has 0 saturated heterocycles. The molecule has 2 atom stereocenters. The third-order valence-electron chi connectivity index (χ3n) is 4.52. The normalized spacial score (nSPS) is 13.1. The SMILES string of the molecule is CC[C@H](C)[C@@H](NC(=O)c1ccc(Cl)cc1)C(=O)Nc1nc2ccccc2[nH]1. The van der Waals surface area contributed by atoms with E-state index in [-0.39, 0.29) is 17.7 Å². The maximum absolute atomic E-state index is 12.8. The van der Waals surface area contributed by atoms with E-state index in [1.807, 2.05) is 38.1 Å². The molecule has 0 saturated carbocycles. The Morgan fingerprint density at radius 3 is 2.52 bits per heavy atom. The van der Waals surface area contributed by atoms with Crippen molar-refractivity contribution in [1.82, 2.24) is 15.3 Å². The molecular formula is C20H21ClN4O2. The molecule has 27 heavy (non-hydrogen) atoms. The van der Waals surface area contributed by atoms with E-state index in [0.717, 1.165) is 17.5 Å². The Balaban J connectivity index is 1.75. The number of aromatic amines is 1. The summed E-state index contributed by atoms with van der Waals surface area (Å²) in [5.74, 6) is -0.330. The lowest BCUT2D eigenvalue weighted by Crippen LogP contribution is -2.47.